The number of fused-ring (bicyclic) bond motifs is 3. The van der Waals surface area contributed by atoms with Crippen molar-refractivity contribution in [2.45, 2.75) is 42.8 Å². The van der Waals surface area contributed by atoms with Gasteiger partial charge in [0.25, 0.3) is 0 Å². The molecule has 1 fully saturated rings. The molecule has 4 heterocycles. The van der Waals surface area contributed by atoms with Crippen molar-refractivity contribution in [1.82, 2.24) is 24.4 Å². The van der Waals surface area contributed by atoms with E-state index < -0.39 is 9.84 Å². The number of aromatic nitrogens is 4. The summed E-state index contributed by atoms with van der Waals surface area (Å²) in [6.07, 6.45) is 2.78. The number of pyridine rings is 1. The van der Waals surface area contributed by atoms with Crippen LogP contribution in [-0.2, 0) is 16.4 Å². The molecule has 7 nitrogen and oxygen atoms in total. The number of aromatic amines is 1. The van der Waals surface area contributed by atoms with Crippen LogP contribution in [0.25, 0.3) is 22.1 Å². The van der Waals surface area contributed by atoms with Gasteiger partial charge in [0.1, 0.15) is 17.0 Å². The fourth-order valence-corrected chi connectivity index (χ4v) is 6.99. The summed E-state index contributed by atoms with van der Waals surface area (Å²) in [6.45, 7) is 7.13. The van der Waals surface area contributed by atoms with E-state index in [9.17, 15) is 8.42 Å². The van der Waals surface area contributed by atoms with Crippen molar-refractivity contribution in [1.29, 1.82) is 0 Å². The van der Waals surface area contributed by atoms with Crippen molar-refractivity contribution in [2.75, 3.05) is 13.1 Å². The standard InChI is InChI=1S/C28H29N5O2S/c1-19-17-32(18-21-9-5-3-6-10-21)16-14-24(19)33-20(2)30-25-26(33)23-13-15-29-27(23)31-28(25)36(34,35)22-11-7-4-8-12-22/h3-13,15,19,24H,14,16-18H2,1-2H3,(H,29,31). The quantitative estimate of drug-likeness (QED) is 0.362. The molecule has 36 heavy (non-hydrogen) atoms. The number of nitrogens with zero attached hydrogens (tertiary/aromatic N) is 4. The fraction of sp³-hybridized carbons (Fsp3) is 0.286. The summed E-state index contributed by atoms with van der Waals surface area (Å²) in [5, 5.41) is 0.909. The van der Waals surface area contributed by atoms with Gasteiger partial charge in [0, 0.05) is 37.3 Å². The Balaban J connectivity index is 1.43. The maximum Gasteiger partial charge on any atom is 0.226 e. The first-order valence-electron chi connectivity index (χ1n) is 12.4. The van der Waals surface area contributed by atoms with Crippen LogP contribution in [0.4, 0.5) is 0 Å². The first-order valence-corrected chi connectivity index (χ1v) is 13.8. The van der Waals surface area contributed by atoms with Gasteiger partial charge in [0.2, 0.25) is 9.84 Å². The van der Waals surface area contributed by atoms with E-state index in [-0.39, 0.29) is 16.0 Å². The van der Waals surface area contributed by atoms with E-state index >= 15 is 0 Å². The highest BCUT2D eigenvalue weighted by atomic mass is 32.2. The maximum absolute atomic E-state index is 13.7. The van der Waals surface area contributed by atoms with Gasteiger partial charge in [0.05, 0.1) is 10.4 Å². The molecular weight excluding hydrogens is 470 g/mol. The predicted molar refractivity (Wildman–Crippen MR) is 141 cm³/mol. The lowest BCUT2D eigenvalue weighted by Gasteiger charge is -2.38. The van der Waals surface area contributed by atoms with Gasteiger partial charge in [-0.15, -0.1) is 0 Å². The van der Waals surface area contributed by atoms with Gasteiger partial charge in [-0.25, -0.2) is 18.4 Å². The third-order valence-corrected chi connectivity index (χ3v) is 9.00. The molecule has 184 valence electrons. The summed E-state index contributed by atoms with van der Waals surface area (Å²) in [5.74, 6) is 1.19. The number of likely N-dealkylation sites (tertiary alicyclic amines) is 1. The Morgan fingerprint density at radius 3 is 2.44 bits per heavy atom. The molecular formula is C28H29N5O2S. The summed E-state index contributed by atoms with van der Waals surface area (Å²) in [5.41, 5.74) is 3.18. The smallest absolute Gasteiger partial charge is 0.226 e. The second-order valence-corrected chi connectivity index (χ2v) is 11.6. The van der Waals surface area contributed by atoms with Crippen LogP contribution >= 0.6 is 0 Å². The van der Waals surface area contributed by atoms with Gasteiger partial charge >= 0.3 is 0 Å². The average Bonchev–Trinajstić information content (AvgIpc) is 3.48. The normalized spacial score (nSPS) is 19.3. The van der Waals surface area contributed by atoms with E-state index in [0.717, 1.165) is 42.8 Å². The molecule has 8 heteroatoms. The van der Waals surface area contributed by atoms with Gasteiger partial charge in [-0.3, -0.25) is 4.90 Å². The lowest BCUT2D eigenvalue weighted by molar-refractivity contribution is 0.128. The number of benzene rings is 2. The molecule has 2 unspecified atom stereocenters. The number of aryl methyl sites for hydroxylation is 1. The first-order chi connectivity index (χ1) is 17.4. The highest BCUT2D eigenvalue weighted by Crippen LogP contribution is 2.38. The highest BCUT2D eigenvalue weighted by molar-refractivity contribution is 7.91. The molecule has 6 rings (SSSR count). The van der Waals surface area contributed by atoms with Gasteiger partial charge in [0.15, 0.2) is 5.03 Å². The second kappa shape index (κ2) is 8.87. The average molecular weight is 500 g/mol. The van der Waals surface area contributed by atoms with E-state index in [1.807, 2.05) is 25.3 Å². The van der Waals surface area contributed by atoms with Gasteiger partial charge in [-0.1, -0.05) is 55.5 Å². The molecule has 1 saturated heterocycles. The second-order valence-electron chi connectivity index (χ2n) is 9.75. The minimum Gasteiger partial charge on any atom is -0.346 e. The number of nitrogens with one attached hydrogen (secondary N) is 1. The van der Waals surface area contributed by atoms with E-state index in [1.54, 1.807) is 30.3 Å². The number of hydrogen-bond acceptors (Lipinski definition) is 5. The van der Waals surface area contributed by atoms with Gasteiger partial charge in [-0.05, 0) is 43.0 Å². The largest absolute Gasteiger partial charge is 0.346 e. The van der Waals surface area contributed by atoms with Crippen molar-refractivity contribution in [3.63, 3.8) is 0 Å². The molecule has 1 N–H and O–H groups in total. The molecule has 2 atom stereocenters. The zero-order valence-corrected chi connectivity index (χ0v) is 21.2. The van der Waals surface area contributed by atoms with Crippen LogP contribution in [-0.4, -0.2) is 45.9 Å². The third kappa shape index (κ3) is 3.81. The van der Waals surface area contributed by atoms with E-state index in [4.69, 9.17) is 4.98 Å². The highest BCUT2D eigenvalue weighted by Gasteiger charge is 2.33. The Bertz CT molecular complexity index is 1640. The zero-order chi connectivity index (χ0) is 24.9. The van der Waals surface area contributed by atoms with Gasteiger partial charge in [-0.2, -0.15) is 0 Å². The topological polar surface area (TPSA) is 83.9 Å². The SMILES string of the molecule is Cc1nc2c(S(=O)(=O)c3ccccc3)nc3[nH]ccc3c2n1C1CCN(Cc2ccccc2)CC1C. The first kappa shape index (κ1) is 22.9. The minimum atomic E-state index is -3.84. The van der Waals surface area contributed by atoms with E-state index in [1.165, 1.54) is 5.56 Å². The number of hydrogen-bond donors (Lipinski definition) is 1. The molecule has 0 saturated carbocycles. The van der Waals surface area contributed by atoms with Crippen molar-refractivity contribution in [2.24, 2.45) is 5.92 Å². The van der Waals surface area contributed by atoms with Crippen molar-refractivity contribution < 1.29 is 8.42 Å². The van der Waals surface area contributed by atoms with Crippen LogP contribution in [0.5, 0.6) is 0 Å². The molecule has 1 aliphatic heterocycles. The summed E-state index contributed by atoms with van der Waals surface area (Å²) in [4.78, 5) is 15.2. The molecule has 3 aromatic heterocycles. The Morgan fingerprint density at radius 2 is 1.72 bits per heavy atom. The van der Waals surface area contributed by atoms with Crippen LogP contribution in [0, 0.1) is 12.8 Å². The molecule has 0 radical (unpaired) electrons. The van der Waals surface area contributed by atoms with Gasteiger partial charge < -0.3 is 9.55 Å². The van der Waals surface area contributed by atoms with E-state index in [0.29, 0.717) is 17.1 Å². The van der Waals surface area contributed by atoms with Crippen molar-refractivity contribution >= 4 is 31.9 Å². The van der Waals surface area contributed by atoms with Crippen LogP contribution in [0.2, 0.25) is 0 Å². The van der Waals surface area contributed by atoms with Crippen LogP contribution in [0.1, 0.15) is 30.8 Å². The number of sulfone groups is 1. The number of imidazole rings is 1. The lowest BCUT2D eigenvalue weighted by Crippen LogP contribution is -2.40. The molecule has 2 aromatic carbocycles. The Labute approximate surface area is 210 Å². The summed E-state index contributed by atoms with van der Waals surface area (Å²) in [6, 6.07) is 21.2. The summed E-state index contributed by atoms with van der Waals surface area (Å²) < 4.78 is 29.6. The molecule has 0 aliphatic carbocycles. The molecule has 0 spiro atoms. The molecule has 0 bridgehead atoms. The Morgan fingerprint density at radius 1 is 1.00 bits per heavy atom. The van der Waals surface area contributed by atoms with Crippen LogP contribution < -0.4 is 0 Å². The van der Waals surface area contributed by atoms with Crippen LogP contribution in [0.3, 0.4) is 0 Å². The van der Waals surface area contributed by atoms with Crippen LogP contribution in [0.15, 0.2) is 82.8 Å². The lowest BCUT2D eigenvalue weighted by atomic mass is 9.92. The Hall–Kier alpha value is -3.49. The summed E-state index contributed by atoms with van der Waals surface area (Å²) in [7, 11) is -3.84. The fourth-order valence-electron chi connectivity index (χ4n) is 5.64. The summed E-state index contributed by atoms with van der Waals surface area (Å²) >= 11 is 0. The molecule has 1 aliphatic rings. The van der Waals surface area contributed by atoms with Crippen molar-refractivity contribution in [3.05, 3.63) is 84.3 Å². The molecule has 0 amide bonds. The number of H-pyrrole nitrogens is 1. The predicted octanol–water partition coefficient (Wildman–Crippen LogP) is 5.14. The number of rotatable bonds is 5. The molecule has 5 aromatic rings. The Kier molecular flexibility index (Phi) is 5.65. The minimum absolute atomic E-state index is 0.00895. The van der Waals surface area contributed by atoms with Crippen molar-refractivity contribution in [3.8, 4) is 0 Å². The zero-order valence-electron chi connectivity index (χ0n) is 20.4. The monoisotopic (exact) mass is 499 g/mol. The maximum atomic E-state index is 13.7. The third-order valence-electron chi connectivity index (χ3n) is 7.32. The number of piperidine rings is 1. The van der Waals surface area contributed by atoms with E-state index in [2.05, 4.69) is 50.6 Å².